The molecule has 1 heterocycles. The molecule has 3 rings (SSSR count). The molecule has 2 N–H and O–H groups in total. The third-order valence-corrected chi connectivity index (χ3v) is 4.46. The molecular formula is C19H26N4. The first-order valence-electron chi connectivity index (χ1n) is 8.64. The van der Waals surface area contributed by atoms with E-state index in [1.807, 2.05) is 19.1 Å². The molecule has 4 nitrogen and oxygen atoms in total. The van der Waals surface area contributed by atoms with Gasteiger partial charge in [0.1, 0.15) is 5.82 Å². The van der Waals surface area contributed by atoms with Crippen molar-refractivity contribution in [2.24, 2.45) is 0 Å². The Kier molecular flexibility index (Phi) is 5.11. The van der Waals surface area contributed by atoms with Gasteiger partial charge in [-0.05, 0) is 32.3 Å². The van der Waals surface area contributed by atoms with Gasteiger partial charge in [-0.1, -0.05) is 49.6 Å². The topological polar surface area (TPSA) is 49.8 Å². The van der Waals surface area contributed by atoms with Crippen LogP contribution < -0.4 is 10.6 Å². The van der Waals surface area contributed by atoms with Gasteiger partial charge in [-0.25, -0.2) is 4.98 Å². The number of hydrogen-bond donors (Lipinski definition) is 2. The lowest BCUT2D eigenvalue weighted by atomic mass is 9.95. The molecule has 2 aromatic rings. The lowest BCUT2D eigenvalue weighted by Gasteiger charge is -2.24. The Labute approximate surface area is 138 Å². The van der Waals surface area contributed by atoms with Crippen molar-refractivity contribution in [2.45, 2.75) is 58.0 Å². The standard InChI is InChI=1S/C19H26N4/c1-14-13-18(22-17-11-7-4-8-12-17)23-19(20-14)21-15(2)16-9-5-3-6-10-16/h3,5-6,9-10,13,15,17H,4,7-8,11-12H2,1-2H3,(H2,20,21,22,23)/t15-/m1/s1. The second-order valence-electron chi connectivity index (χ2n) is 6.47. The number of anilines is 2. The summed E-state index contributed by atoms with van der Waals surface area (Å²) < 4.78 is 0. The Hall–Kier alpha value is -2.10. The average molecular weight is 310 g/mol. The minimum absolute atomic E-state index is 0.181. The maximum Gasteiger partial charge on any atom is 0.225 e. The predicted octanol–water partition coefficient (Wildman–Crippen LogP) is 4.70. The molecule has 0 saturated heterocycles. The molecule has 1 aliphatic rings. The normalized spacial score (nSPS) is 16.8. The molecule has 1 aromatic carbocycles. The van der Waals surface area contributed by atoms with Crippen LogP contribution in [0.1, 0.15) is 56.3 Å². The molecule has 0 unspecified atom stereocenters. The molecule has 0 bridgehead atoms. The van der Waals surface area contributed by atoms with Gasteiger partial charge in [-0.2, -0.15) is 4.98 Å². The Bertz CT molecular complexity index is 621. The first-order chi connectivity index (χ1) is 11.2. The van der Waals surface area contributed by atoms with E-state index in [2.05, 4.69) is 51.8 Å². The molecule has 4 heteroatoms. The summed E-state index contributed by atoms with van der Waals surface area (Å²) in [6.07, 6.45) is 6.48. The summed E-state index contributed by atoms with van der Waals surface area (Å²) in [6.45, 7) is 4.15. The predicted molar refractivity (Wildman–Crippen MR) is 95.7 cm³/mol. The Balaban J connectivity index is 1.69. The lowest BCUT2D eigenvalue weighted by molar-refractivity contribution is 0.462. The van der Waals surface area contributed by atoms with Crippen LogP contribution in [0.3, 0.4) is 0 Å². The van der Waals surface area contributed by atoms with Crippen LogP contribution in [0.5, 0.6) is 0 Å². The molecule has 122 valence electrons. The SMILES string of the molecule is Cc1cc(NC2CCCCC2)nc(N[C@H](C)c2ccccc2)n1. The van der Waals surface area contributed by atoms with E-state index in [4.69, 9.17) is 0 Å². The van der Waals surface area contributed by atoms with Crippen molar-refractivity contribution in [1.82, 2.24) is 9.97 Å². The number of hydrogen-bond acceptors (Lipinski definition) is 4. The third-order valence-electron chi connectivity index (χ3n) is 4.46. The van der Waals surface area contributed by atoms with Crippen molar-refractivity contribution in [1.29, 1.82) is 0 Å². The maximum absolute atomic E-state index is 4.66. The van der Waals surface area contributed by atoms with E-state index < -0.39 is 0 Å². The first-order valence-corrected chi connectivity index (χ1v) is 8.64. The molecule has 1 fully saturated rings. The number of rotatable bonds is 5. The van der Waals surface area contributed by atoms with E-state index in [1.54, 1.807) is 0 Å². The zero-order chi connectivity index (χ0) is 16.1. The zero-order valence-electron chi connectivity index (χ0n) is 14.0. The first kappa shape index (κ1) is 15.8. The molecular weight excluding hydrogens is 284 g/mol. The van der Waals surface area contributed by atoms with E-state index in [0.717, 1.165) is 11.5 Å². The van der Waals surface area contributed by atoms with Gasteiger partial charge in [-0.15, -0.1) is 0 Å². The highest BCUT2D eigenvalue weighted by atomic mass is 15.2. The highest BCUT2D eigenvalue weighted by molar-refractivity contribution is 5.44. The van der Waals surface area contributed by atoms with Gasteiger partial charge < -0.3 is 10.6 Å². The molecule has 0 radical (unpaired) electrons. The summed E-state index contributed by atoms with van der Waals surface area (Å²) in [7, 11) is 0. The Morgan fingerprint density at radius 2 is 1.78 bits per heavy atom. The second-order valence-corrected chi connectivity index (χ2v) is 6.47. The lowest BCUT2D eigenvalue weighted by Crippen LogP contribution is -2.23. The van der Waals surface area contributed by atoms with Gasteiger partial charge in [0.15, 0.2) is 0 Å². The van der Waals surface area contributed by atoms with Crippen LogP contribution in [0.2, 0.25) is 0 Å². The molecule has 0 aliphatic heterocycles. The fraction of sp³-hybridized carbons (Fsp3) is 0.474. The largest absolute Gasteiger partial charge is 0.367 e. The number of benzene rings is 1. The van der Waals surface area contributed by atoms with Crippen LogP contribution in [0.4, 0.5) is 11.8 Å². The van der Waals surface area contributed by atoms with Crippen molar-refractivity contribution < 1.29 is 0 Å². The van der Waals surface area contributed by atoms with Crippen molar-refractivity contribution in [2.75, 3.05) is 10.6 Å². The molecule has 1 aliphatic carbocycles. The minimum Gasteiger partial charge on any atom is -0.367 e. The molecule has 1 saturated carbocycles. The molecule has 1 aromatic heterocycles. The van der Waals surface area contributed by atoms with Gasteiger partial charge in [0.2, 0.25) is 5.95 Å². The summed E-state index contributed by atoms with van der Waals surface area (Å²) in [5, 5.41) is 7.00. The van der Waals surface area contributed by atoms with Crippen molar-refractivity contribution in [3.05, 3.63) is 47.7 Å². The number of nitrogens with zero attached hydrogens (tertiary/aromatic N) is 2. The molecule has 23 heavy (non-hydrogen) atoms. The minimum atomic E-state index is 0.181. The van der Waals surface area contributed by atoms with Crippen LogP contribution in [0, 0.1) is 6.92 Å². The van der Waals surface area contributed by atoms with Gasteiger partial charge in [0, 0.05) is 17.8 Å². The van der Waals surface area contributed by atoms with Crippen molar-refractivity contribution >= 4 is 11.8 Å². The summed E-state index contributed by atoms with van der Waals surface area (Å²) in [5.74, 6) is 1.63. The van der Waals surface area contributed by atoms with E-state index in [0.29, 0.717) is 12.0 Å². The third kappa shape index (κ3) is 4.44. The summed E-state index contributed by atoms with van der Waals surface area (Å²) >= 11 is 0. The quantitative estimate of drug-likeness (QED) is 0.840. The van der Waals surface area contributed by atoms with Crippen LogP contribution in [-0.4, -0.2) is 16.0 Å². The molecule has 0 amide bonds. The number of aryl methyl sites for hydroxylation is 1. The monoisotopic (exact) mass is 310 g/mol. The van der Waals surface area contributed by atoms with Crippen LogP contribution in [0.25, 0.3) is 0 Å². The van der Waals surface area contributed by atoms with Crippen LogP contribution in [-0.2, 0) is 0 Å². The summed E-state index contributed by atoms with van der Waals surface area (Å²) in [6, 6.07) is 13.2. The van der Waals surface area contributed by atoms with Gasteiger partial charge in [0.05, 0.1) is 6.04 Å². The van der Waals surface area contributed by atoms with Gasteiger partial charge in [-0.3, -0.25) is 0 Å². The Morgan fingerprint density at radius 1 is 1.04 bits per heavy atom. The molecule has 1 atom stereocenters. The van der Waals surface area contributed by atoms with Crippen LogP contribution >= 0.6 is 0 Å². The fourth-order valence-corrected chi connectivity index (χ4v) is 3.18. The highest BCUT2D eigenvalue weighted by Gasteiger charge is 2.14. The summed E-state index contributed by atoms with van der Waals surface area (Å²) in [4.78, 5) is 9.19. The zero-order valence-corrected chi connectivity index (χ0v) is 14.0. The number of nitrogens with one attached hydrogen (secondary N) is 2. The smallest absolute Gasteiger partial charge is 0.225 e. The maximum atomic E-state index is 4.66. The fourth-order valence-electron chi connectivity index (χ4n) is 3.18. The van der Waals surface area contributed by atoms with E-state index in [-0.39, 0.29) is 6.04 Å². The van der Waals surface area contributed by atoms with Crippen molar-refractivity contribution in [3.63, 3.8) is 0 Å². The van der Waals surface area contributed by atoms with E-state index in [1.165, 1.54) is 37.7 Å². The molecule has 0 spiro atoms. The number of aromatic nitrogens is 2. The summed E-state index contributed by atoms with van der Waals surface area (Å²) in [5.41, 5.74) is 2.22. The van der Waals surface area contributed by atoms with Crippen molar-refractivity contribution in [3.8, 4) is 0 Å². The van der Waals surface area contributed by atoms with E-state index >= 15 is 0 Å². The average Bonchev–Trinajstić information content (AvgIpc) is 2.56. The van der Waals surface area contributed by atoms with E-state index in [9.17, 15) is 0 Å². The highest BCUT2D eigenvalue weighted by Crippen LogP contribution is 2.22. The second kappa shape index (κ2) is 7.44. The Morgan fingerprint density at radius 3 is 2.52 bits per heavy atom. The van der Waals surface area contributed by atoms with Crippen LogP contribution in [0.15, 0.2) is 36.4 Å². The van der Waals surface area contributed by atoms with Gasteiger partial charge >= 0.3 is 0 Å². The van der Waals surface area contributed by atoms with Gasteiger partial charge in [0.25, 0.3) is 0 Å².